The van der Waals surface area contributed by atoms with Crippen LogP contribution in [0.25, 0.3) is 0 Å². The number of carbonyl (C=O) groups excluding carboxylic acids is 2. The third-order valence-corrected chi connectivity index (χ3v) is 4.68. The summed E-state index contributed by atoms with van der Waals surface area (Å²) in [5, 5.41) is 5.71. The molecule has 0 radical (unpaired) electrons. The summed E-state index contributed by atoms with van der Waals surface area (Å²) in [6, 6.07) is 14.8. The fraction of sp³-hybridized carbons (Fsp3) is 0.364. The van der Waals surface area contributed by atoms with Gasteiger partial charge in [0, 0.05) is 5.56 Å². The highest BCUT2D eigenvalue weighted by molar-refractivity contribution is 5.97. The molecule has 6 heteroatoms. The highest BCUT2D eigenvalue weighted by Crippen LogP contribution is 2.32. The Morgan fingerprint density at radius 1 is 1.04 bits per heavy atom. The highest BCUT2D eigenvalue weighted by atomic mass is 16.7. The molecule has 0 saturated carbocycles. The fourth-order valence-corrected chi connectivity index (χ4v) is 3.15. The number of fused-ring (bicyclic) bond motifs is 1. The number of unbranched alkanes of at least 4 members (excludes halogenated alkanes) is 2. The summed E-state index contributed by atoms with van der Waals surface area (Å²) in [5.74, 6) is 0.624. The molecular formula is C22H26N2O4. The molecule has 1 aliphatic rings. The molecule has 0 fully saturated rings. The van der Waals surface area contributed by atoms with Gasteiger partial charge in [-0.05, 0) is 30.2 Å². The van der Waals surface area contributed by atoms with Crippen molar-refractivity contribution in [2.24, 2.45) is 0 Å². The zero-order valence-corrected chi connectivity index (χ0v) is 16.1. The SMILES string of the molecule is CCCCCC(NC(=O)CNC(=O)c1ccc2c(c1)OCO2)c1ccccc1. The van der Waals surface area contributed by atoms with Gasteiger partial charge in [0.25, 0.3) is 5.91 Å². The van der Waals surface area contributed by atoms with Crippen LogP contribution >= 0.6 is 0 Å². The van der Waals surface area contributed by atoms with E-state index in [-0.39, 0.29) is 31.2 Å². The van der Waals surface area contributed by atoms with E-state index in [4.69, 9.17) is 9.47 Å². The number of carbonyl (C=O) groups is 2. The van der Waals surface area contributed by atoms with Crippen molar-refractivity contribution in [3.63, 3.8) is 0 Å². The van der Waals surface area contributed by atoms with Gasteiger partial charge in [-0.1, -0.05) is 56.5 Å². The second-order valence-electron chi connectivity index (χ2n) is 6.78. The molecule has 2 amide bonds. The molecule has 28 heavy (non-hydrogen) atoms. The van der Waals surface area contributed by atoms with Crippen LogP contribution in [-0.4, -0.2) is 25.2 Å². The molecule has 148 valence electrons. The molecule has 0 spiro atoms. The van der Waals surface area contributed by atoms with Crippen molar-refractivity contribution in [2.75, 3.05) is 13.3 Å². The Kier molecular flexibility index (Phi) is 6.89. The summed E-state index contributed by atoms with van der Waals surface area (Å²) < 4.78 is 10.5. The number of nitrogens with one attached hydrogen (secondary N) is 2. The third-order valence-electron chi connectivity index (χ3n) is 4.68. The lowest BCUT2D eigenvalue weighted by Crippen LogP contribution is -2.38. The third kappa shape index (κ3) is 5.25. The van der Waals surface area contributed by atoms with Crippen LogP contribution in [0, 0.1) is 0 Å². The van der Waals surface area contributed by atoms with E-state index in [2.05, 4.69) is 17.6 Å². The van der Waals surface area contributed by atoms with Crippen molar-refractivity contribution >= 4 is 11.8 Å². The maximum Gasteiger partial charge on any atom is 0.251 e. The van der Waals surface area contributed by atoms with Crippen molar-refractivity contribution in [2.45, 2.75) is 38.6 Å². The lowest BCUT2D eigenvalue weighted by atomic mass is 10.0. The average Bonchev–Trinajstić information content (AvgIpc) is 3.20. The first-order valence-electron chi connectivity index (χ1n) is 9.69. The van der Waals surface area contributed by atoms with Gasteiger partial charge in [-0.3, -0.25) is 9.59 Å². The molecule has 1 aliphatic heterocycles. The predicted molar refractivity (Wildman–Crippen MR) is 106 cm³/mol. The molecule has 3 rings (SSSR count). The Balaban J connectivity index is 1.54. The normalized spacial score (nSPS) is 13.0. The molecule has 2 aromatic carbocycles. The standard InChI is InChI=1S/C22H26N2O4/c1-2-3-5-10-18(16-8-6-4-7-9-16)24-21(25)14-23-22(26)17-11-12-19-20(13-17)28-15-27-19/h4,6-9,11-13,18H,2-3,5,10,14-15H2,1H3,(H,23,26)(H,24,25). The van der Waals surface area contributed by atoms with E-state index in [1.54, 1.807) is 18.2 Å². The molecule has 0 saturated heterocycles. The summed E-state index contributed by atoms with van der Waals surface area (Å²) in [6.07, 6.45) is 4.17. The molecule has 1 heterocycles. The Morgan fingerprint density at radius 3 is 2.61 bits per heavy atom. The van der Waals surface area contributed by atoms with Gasteiger partial charge in [-0.25, -0.2) is 0 Å². The maximum atomic E-state index is 12.4. The molecule has 1 unspecified atom stereocenters. The summed E-state index contributed by atoms with van der Waals surface area (Å²) in [4.78, 5) is 24.7. The van der Waals surface area contributed by atoms with E-state index in [1.165, 1.54) is 0 Å². The average molecular weight is 382 g/mol. The van der Waals surface area contributed by atoms with Crippen molar-refractivity contribution in [3.8, 4) is 11.5 Å². The van der Waals surface area contributed by atoms with Gasteiger partial charge in [0.05, 0.1) is 12.6 Å². The Hall–Kier alpha value is -3.02. The Labute approximate surface area is 165 Å². The van der Waals surface area contributed by atoms with Crippen LogP contribution in [0.1, 0.15) is 54.6 Å². The van der Waals surface area contributed by atoms with Crippen LogP contribution in [0.15, 0.2) is 48.5 Å². The van der Waals surface area contributed by atoms with E-state index < -0.39 is 0 Å². The first-order valence-corrected chi connectivity index (χ1v) is 9.69. The summed E-state index contributed by atoms with van der Waals surface area (Å²) >= 11 is 0. The van der Waals surface area contributed by atoms with Crippen LogP contribution in [0.4, 0.5) is 0 Å². The largest absolute Gasteiger partial charge is 0.454 e. The minimum atomic E-state index is -0.323. The summed E-state index contributed by atoms with van der Waals surface area (Å²) in [6.45, 7) is 2.23. The lowest BCUT2D eigenvalue weighted by molar-refractivity contribution is -0.120. The quantitative estimate of drug-likeness (QED) is 0.650. The van der Waals surface area contributed by atoms with Gasteiger partial charge in [-0.15, -0.1) is 0 Å². The number of hydrogen-bond donors (Lipinski definition) is 2. The lowest BCUT2D eigenvalue weighted by Gasteiger charge is -2.19. The predicted octanol–water partition coefficient (Wildman–Crippen LogP) is 3.58. The van der Waals surface area contributed by atoms with Gasteiger partial charge < -0.3 is 20.1 Å². The van der Waals surface area contributed by atoms with Gasteiger partial charge in [0.1, 0.15) is 0 Å². The highest BCUT2D eigenvalue weighted by Gasteiger charge is 2.18. The van der Waals surface area contributed by atoms with Crippen LogP contribution in [0.3, 0.4) is 0 Å². The molecular weight excluding hydrogens is 356 g/mol. The molecule has 0 aromatic heterocycles. The van der Waals surface area contributed by atoms with Crippen molar-refractivity contribution < 1.29 is 19.1 Å². The van der Waals surface area contributed by atoms with Crippen LogP contribution < -0.4 is 20.1 Å². The number of ether oxygens (including phenoxy) is 2. The monoisotopic (exact) mass is 382 g/mol. The van der Waals surface area contributed by atoms with Gasteiger partial charge in [0.15, 0.2) is 11.5 Å². The minimum absolute atomic E-state index is 0.0531. The van der Waals surface area contributed by atoms with E-state index in [9.17, 15) is 9.59 Å². The molecule has 6 nitrogen and oxygen atoms in total. The summed E-state index contributed by atoms with van der Waals surface area (Å²) in [5.41, 5.74) is 1.51. The number of benzene rings is 2. The Bertz CT molecular complexity index is 807. The second-order valence-corrected chi connectivity index (χ2v) is 6.78. The number of amides is 2. The first-order chi connectivity index (χ1) is 13.7. The van der Waals surface area contributed by atoms with E-state index in [0.717, 1.165) is 31.2 Å². The number of hydrogen-bond acceptors (Lipinski definition) is 4. The topological polar surface area (TPSA) is 76.7 Å². The van der Waals surface area contributed by atoms with Crippen molar-refractivity contribution in [1.82, 2.24) is 10.6 Å². The molecule has 0 aliphatic carbocycles. The molecule has 0 bridgehead atoms. The second kappa shape index (κ2) is 9.78. The van der Waals surface area contributed by atoms with Crippen LogP contribution in [-0.2, 0) is 4.79 Å². The van der Waals surface area contributed by atoms with Gasteiger partial charge in [-0.2, -0.15) is 0 Å². The summed E-state index contributed by atoms with van der Waals surface area (Å²) in [7, 11) is 0. The van der Waals surface area contributed by atoms with Gasteiger partial charge in [0.2, 0.25) is 12.7 Å². The molecule has 2 aromatic rings. The molecule has 2 N–H and O–H groups in total. The maximum absolute atomic E-state index is 12.4. The van der Waals surface area contributed by atoms with Crippen LogP contribution in [0.5, 0.6) is 11.5 Å². The number of rotatable bonds is 9. The van der Waals surface area contributed by atoms with Crippen molar-refractivity contribution in [3.05, 3.63) is 59.7 Å². The van der Waals surface area contributed by atoms with E-state index >= 15 is 0 Å². The first kappa shape index (κ1) is 19.7. The smallest absolute Gasteiger partial charge is 0.251 e. The fourth-order valence-electron chi connectivity index (χ4n) is 3.15. The van der Waals surface area contributed by atoms with Gasteiger partial charge >= 0.3 is 0 Å². The van der Waals surface area contributed by atoms with E-state index in [0.29, 0.717) is 17.1 Å². The van der Waals surface area contributed by atoms with Crippen molar-refractivity contribution in [1.29, 1.82) is 0 Å². The zero-order valence-electron chi connectivity index (χ0n) is 16.1. The zero-order chi connectivity index (χ0) is 19.8. The minimum Gasteiger partial charge on any atom is -0.454 e. The molecule has 1 atom stereocenters. The van der Waals surface area contributed by atoms with Crippen LogP contribution in [0.2, 0.25) is 0 Å². The Morgan fingerprint density at radius 2 is 1.82 bits per heavy atom. The van der Waals surface area contributed by atoms with E-state index in [1.807, 2.05) is 30.3 Å².